The van der Waals surface area contributed by atoms with Crippen molar-refractivity contribution in [1.82, 2.24) is 5.32 Å². The minimum absolute atomic E-state index is 0.192. The predicted octanol–water partition coefficient (Wildman–Crippen LogP) is 1.91. The fourth-order valence-corrected chi connectivity index (χ4v) is 3.03. The lowest BCUT2D eigenvalue weighted by molar-refractivity contribution is -0.121. The molecule has 1 N–H and O–H groups in total. The van der Waals surface area contributed by atoms with Crippen molar-refractivity contribution in [1.29, 1.82) is 0 Å². The summed E-state index contributed by atoms with van der Waals surface area (Å²) < 4.78 is 29.7. The zero-order chi connectivity index (χ0) is 16.3. The fraction of sp³-hybridized carbons (Fsp3) is 0.533. The lowest BCUT2D eigenvalue weighted by Gasteiger charge is -2.23. The van der Waals surface area contributed by atoms with Gasteiger partial charge in [0.2, 0.25) is 5.91 Å². The number of benzene rings is 1. The molecule has 1 aromatic rings. The van der Waals surface area contributed by atoms with E-state index in [1.165, 1.54) is 14.0 Å². The largest absolute Gasteiger partial charge is 0.497 e. The minimum atomic E-state index is -3.58. The first-order valence-electron chi connectivity index (χ1n) is 6.72. The van der Waals surface area contributed by atoms with Gasteiger partial charge in [-0.05, 0) is 45.4 Å². The number of hydrogen-bond donors (Lipinski definition) is 1. The number of hydrogen-bond acceptors (Lipinski definition) is 4. The van der Waals surface area contributed by atoms with Crippen LogP contribution in [0.15, 0.2) is 24.3 Å². The number of ether oxygens (including phenoxy) is 1. The molecule has 0 radical (unpaired) electrons. The second kappa shape index (κ2) is 6.47. The van der Waals surface area contributed by atoms with Gasteiger partial charge in [-0.15, -0.1) is 0 Å². The lowest BCUT2D eigenvalue weighted by Crippen LogP contribution is -2.47. The van der Waals surface area contributed by atoms with Crippen LogP contribution in [0.5, 0.6) is 5.75 Å². The molecule has 0 saturated carbocycles. The van der Waals surface area contributed by atoms with Crippen LogP contribution >= 0.6 is 0 Å². The van der Waals surface area contributed by atoms with Crippen molar-refractivity contribution in [2.75, 3.05) is 7.11 Å². The predicted molar refractivity (Wildman–Crippen MR) is 83.0 cm³/mol. The maximum Gasteiger partial charge on any atom is 0.238 e. The molecule has 0 bridgehead atoms. The van der Waals surface area contributed by atoms with Crippen molar-refractivity contribution in [3.05, 3.63) is 29.8 Å². The molecule has 118 valence electrons. The number of sulfone groups is 1. The second-order valence-corrected chi connectivity index (χ2v) is 8.36. The number of carbonyl (C=O) groups excluding carboxylic acids is 1. The monoisotopic (exact) mass is 313 g/mol. The maximum absolute atomic E-state index is 12.3. The van der Waals surface area contributed by atoms with Crippen molar-refractivity contribution in [2.45, 2.75) is 44.2 Å². The Morgan fingerprint density at radius 1 is 1.33 bits per heavy atom. The Balaban J connectivity index is 2.87. The first-order valence-corrected chi connectivity index (χ1v) is 8.43. The van der Waals surface area contributed by atoms with Crippen LogP contribution in [0.2, 0.25) is 0 Å². The minimum Gasteiger partial charge on any atom is -0.497 e. The van der Waals surface area contributed by atoms with E-state index in [9.17, 15) is 13.2 Å². The van der Waals surface area contributed by atoms with Crippen molar-refractivity contribution < 1.29 is 17.9 Å². The highest BCUT2D eigenvalue weighted by Crippen LogP contribution is 2.17. The highest BCUT2D eigenvalue weighted by molar-refractivity contribution is 7.92. The van der Waals surface area contributed by atoms with Gasteiger partial charge < -0.3 is 10.1 Å². The van der Waals surface area contributed by atoms with Gasteiger partial charge in [-0.1, -0.05) is 12.1 Å². The zero-order valence-corrected chi connectivity index (χ0v) is 14.0. The third kappa shape index (κ3) is 5.38. The summed E-state index contributed by atoms with van der Waals surface area (Å²) in [6, 6.07) is 6.83. The highest BCUT2D eigenvalue weighted by Gasteiger charge is 2.30. The Labute approximate surface area is 126 Å². The van der Waals surface area contributed by atoms with Gasteiger partial charge in [-0.3, -0.25) is 4.79 Å². The van der Waals surface area contributed by atoms with Gasteiger partial charge in [0.25, 0.3) is 0 Å². The van der Waals surface area contributed by atoms with Gasteiger partial charge >= 0.3 is 0 Å². The van der Waals surface area contributed by atoms with Gasteiger partial charge in [0.05, 0.1) is 12.9 Å². The topological polar surface area (TPSA) is 72.5 Å². The Bertz CT molecular complexity index is 602. The fourth-order valence-electron chi connectivity index (χ4n) is 1.75. The van der Waals surface area contributed by atoms with Crippen LogP contribution in [-0.4, -0.2) is 32.2 Å². The molecule has 0 aliphatic carbocycles. The van der Waals surface area contributed by atoms with Crippen LogP contribution in [0.25, 0.3) is 0 Å². The first-order chi connectivity index (χ1) is 9.55. The van der Waals surface area contributed by atoms with Crippen LogP contribution in [-0.2, 0) is 20.4 Å². The number of carbonyl (C=O) groups is 1. The van der Waals surface area contributed by atoms with Crippen LogP contribution in [0.1, 0.15) is 33.3 Å². The SMILES string of the molecule is COc1cccc(CS(=O)(=O)C(C)C(=O)NC(C)(C)C)c1. The van der Waals surface area contributed by atoms with Crippen molar-refractivity contribution in [3.63, 3.8) is 0 Å². The normalized spacial score (nSPS) is 13.6. The molecule has 1 amide bonds. The number of amides is 1. The molecular formula is C15H23NO4S. The summed E-state index contributed by atoms with van der Waals surface area (Å²) in [5.41, 5.74) is 0.140. The summed E-state index contributed by atoms with van der Waals surface area (Å²) in [6.45, 7) is 6.85. The smallest absolute Gasteiger partial charge is 0.238 e. The highest BCUT2D eigenvalue weighted by atomic mass is 32.2. The average Bonchev–Trinajstić information content (AvgIpc) is 2.35. The molecule has 0 heterocycles. The summed E-state index contributed by atoms with van der Waals surface area (Å²) in [6.07, 6.45) is 0. The van der Waals surface area contributed by atoms with E-state index in [4.69, 9.17) is 4.74 Å². The summed E-state index contributed by atoms with van der Waals surface area (Å²) in [4.78, 5) is 12.0. The molecule has 0 aromatic heterocycles. The van der Waals surface area contributed by atoms with E-state index in [1.54, 1.807) is 24.3 Å². The van der Waals surface area contributed by atoms with E-state index < -0.39 is 26.5 Å². The lowest BCUT2D eigenvalue weighted by atomic mass is 10.1. The second-order valence-electron chi connectivity index (χ2n) is 6.04. The standard InChI is InChI=1S/C15H23NO4S/c1-11(14(17)16-15(2,3)4)21(18,19)10-12-7-6-8-13(9-12)20-5/h6-9,11H,10H2,1-5H3,(H,16,17). The molecule has 1 atom stereocenters. The molecule has 0 fully saturated rings. The van der Waals surface area contributed by atoms with E-state index in [1.807, 2.05) is 20.8 Å². The first kappa shape index (κ1) is 17.5. The molecule has 1 rings (SSSR count). The van der Waals surface area contributed by atoms with Gasteiger partial charge in [0, 0.05) is 5.54 Å². The summed E-state index contributed by atoms with van der Waals surface area (Å²) in [5, 5.41) is 1.60. The quantitative estimate of drug-likeness (QED) is 0.901. The van der Waals surface area contributed by atoms with E-state index >= 15 is 0 Å². The van der Waals surface area contributed by atoms with Gasteiger partial charge in [0.1, 0.15) is 11.0 Å². The zero-order valence-electron chi connectivity index (χ0n) is 13.1. The van der Waals surface area contributed by atoms with Crippen LogP contribution in [0, 0.1) is 0 Å². The number of methoxy groups -OCH3 is 1. The van der Waals surface area contributed by atoms with E-state index in [-0.39, 0.29) is 5.75 Å². The molecule has 0 aliphatic heterocycles. The summed E-state index contributed by atoms with van der Waals surface area (Å²) in [5.74, 6) is -0.0805. The molecule has 1 aromatic carbocycles. The van der Waals surface area contributed by atoms with Gasteiger partial charge in [-0.25, -0.2) is 8.42 Å². The van der Waals surface area contributed by atoms with Crippen LogP contribution < -0.4 is 10.1 Å². The number of nitrogens with one attached hydrogen (secondary N) is 1. The summed E-state index contributed by atoms with van der Waals surface area (Å²) >= 11 is 0. The van der Waals surface area contributed by atoms with Gasteiger partial charge in [-0.2, -0.15) is 0 Å². The van der Waals surface area contributed by atoms with Crippen LogP contribution in [0.3, 0.4) is 0 Å². The molecular weight excluding hydrogens is 290 g/mol. The van der Waals surface area contributed by atoms with Crippen molar-refractivity contribution in [3.8, 4) is 5.75 Å². The third-order valence-corrected chi connectivity index (χ3v) is 4.94. The molecule has 5 nitrogen and oxygen atoms in total. The summed E-state index contributed by atoms with van der Waals surface area (Å²) in [7, 11) is -2.06. The number of rotatable bonds is 5. The molecule has 0 aliphatic rings. The van der Waals surface area contributed by atoms with Crippen molar-refractivity contribution in [2.24, 2.45) is 0 Å². The molecule has 21 heavy (non-hydrogen) atoms. The molecule has 1 unspecified atom stereocenters. The Morgan fingerprint density at radius 3 is 2.48 bits per heavy atom. The van der Waals surface area contributed by atoms with Crippen LogP contribution in [0.4, 0.5) is 0 Å². The van der Waals surface area contributed by atoms with E-state index in [2.05, 4.69) is 5.32 Å². The van der Waals surface area contributed by atoms with Gasteiger partial charge in [0.15, 0.2) is 9.84 Å². The third-order valence-electron chi connectivity index (χ3n) is 2.91. The maximum atomic E-state index is 12.3. The molecule has 0 saturated heterocycles. The molecule has 0 spiro atoms. The average molecular weight is 313 g/mol. The Kier molecular flexibility index (Phi) is 5.39. The Hall–Kier alpha value is -1.56. The van der Waals surface area contributed by atoms with Crippen molar-refractivity contribution >= 4 is 15.7 Å². The van der Waals surface area contributed by atoms with E-state index in [0.717, 1.165) is 0 Å². The van der Waals surface area contributed by atoms with E-state index in [0.29, 0.717) is 11.3 Å². The molecule has 6 heteroatoms. The Morgan fingerprint density at radius 2 is 1.95 bits per heavy atom.